The molecule has 3 amide bonds. The first-order valence-corrected chi connectivity index (χ1v) is 8.94. The average Bonchev–Trinajstić information content (AvgIpc) is 2.56. The normalized spacial score (nSPS) is 11.2. The van der Waals surface area contributed by atoms with Crippen LogP contribution in [0.4, 0.5) is 28.0 Å². The summed E-state index contributed by atoms with van der Waals surface area (Å²) in [4.78, 5) is 23.6. The lowest BCUT2D eigenvalue weighted by molar-refractivity contribution is -0.158. The number of hydrogen-bond acceptors (Lipinski definition) is 3. The summed E-state index contributed by atoms with van der Waals surface area (Å²) in [5, 5.41) is 3.98. The van der Waals surface area contributed by atoms with Crippen LogP contribution in [0.1, 0.15) is 10.4 Å². The van der Waals surface area contributed by atoms with Gasteiger partial charge in [-0.1, -0.05) is 37.9 Å². The van der Waals surface area contributed by atoms with Crippen molar-refractivity contribution in [2.45, 2.75) is 9.85 Å². The summed E-state index contributed by atoms with van der Waals surface area (Å²) in [5.74, 6) is -3.71. The topological polar surface area (TPSA) is 67.4 Å². The number of halogens is 6. The van der Waals surface area contributed by atoms with Crippen LogP contribution in [0.3, 0.4) is 0 Å². The van der Waals surface area contributed by atoms with Crippen LogP contribution in [0.15, 0.2) is 42.5 Å². The zero-order valence-electron chi connectivity index (χ0n) is 13.1. The quantitative estimate of drug-likeness (QED) is 0.436. The molecule has 0 aliphatic rings. The molecule has 0 heterocycles. The zero-order chi connectivity index (χ0) is 20.2. The highest BCUT2D eigenvalue weighted by atomic mass is 79.9. The number of benzene rings is 2. The van der Waals surface area contributed by atoms with Gasteiger partial charge in [0.25, 0.3) is 5.91 Å². The number of alkyl halides is 4. The molecule has 0 aliphatic carbocycles. The molecule has 0 radical (unpaired) electrons. The number of carbonyl (C=O) groups is 2. The zero-order valence-corrected chi connectivity index (χ0v) is 16.3. The number of nitrogens with one attached hydrogen (secondary N) is 2. The smallest absolute Gasteiger partial charge is 0.420 e. The Bertz CT molecular complexity index is 828. The van der Waals surface area contributed by atoms with E-state index in [0.29, 0.717) is 0 Å². The van der Waals surface area contributed by atoms with Crippen molar-refractivity contribution in [3.63, 3.8) is 0 Å². The van der Waals surface area contributed by atoms with Crippen molar-refractivity contribution in [2.24, 2.45) is 0 Å². The van der Waals surface area contributed by atoms with Crippen LogP contribution in [0.2, 0.25) is 0 Å². The van der Waals surface area contributed by atoms with Gasteiger partial charge in [-0.25, -0.2) is 13.6 Å². The summed E-state index contributed by atoms with van der Waals surface area (Å²) in [5.41, 5.74) is -0.781. The Morgan fingerprint density at radius 2 is 1.56 bits per heavy atom. The summed E-state index contributed by atoms with van der Waals surface area (Å²) in [6, 6.07) is 6.52. The summed E-state index contributed by atoms with van der Waals surface area (Å²) in [6.45, 7) is 0. The molecule has 144 valence electrons. The van der Waals surface area contributed by atoms with Gasteiger partial charge >= 0.3 is 12.1 Å². The second-order valence-corrected chi connectivity index (χ2v) is 8.05. The molecule has 2 rings (SSSR count). The molecule has 27 heavy (non-hydrogen) atoms. The molecular formula is C16H10Br2F4N2O3. The molecule has 0 spiro atoms. The van der Waals surface area contributed by atoms with Crippen LogP contribution in [0, 0.1) is 11.6 Å². The number of amides is 3. The monoisotopic (exact) mass is 512 g/mol. The molecule has 0 aliphatic heterocycles. The molecule has 0 saturated carbocycles. The van der Waals surface area contributed by atoms with Crippen molar-refractivity contribution in [1.29, 1.82) is 0 Å². The Kier molecular flexibility index (Phi) is 6.82. The van der Waals surface area contributed by atoms with Crippen LogP contribution < -0.4 is 15.4 Å². The highest BCUT2D eigenvalue weighted by molar-refractivity contribution is 9.24. The third-order valence-corrected chi connectivity index (χ3v) is 4.10. The molecule has 0 bridgehead atoms. The van der Waals surface area contributed by atoms with E-state index in [9.17, 15) is 27.2 Å². The molecule has 2 aromatic rings. The summed E-state index contributed by atoms with van der Waals surface area (Å²) in [6.07, 6.45) is -3.53. The molecule has 11 heteroatoms. The second-order valence-electron chi connectivity index (χ2n) is 4.99. The molecule has 2 aromatic carbocycles. The number of rotatable bonds is 5. The summed E-state index contributed by atoms with van der Waals surface area (Å²) >= 11 is 5.29. The maximum Gasteiger partial charge on any atom is 0.420 e. The largest absolute Gasteiger partial charge is 0.431 e. The van der Waals surface area contributed by atoms with Crippen molar-refractivity contribution in [3.8, 4) is 5.75 Å². The lowest BCUT2D eigenvalue weighted by Gasteiger charge is -2.19. The van der Waals surface area contributed by atoms with Crippen LogP contribution >= 0.6 is 31.9 Å². The Hall–Kier alpha value is -2.14. The Labute approximate surface area is 167 Å². The highest BCUT2D eigenvalue weighted by Gasteiger charge is 2.39. The fourth-order valence-corrected chi connectivity index (χ4v) is 2.04. The maximum atomic E-state index is 13.5. The average molecular weight is 514 g/mol. The van der Waals surface area contributed by atoms with Gasteiger partial charge in [0.2, 0.25) is 0 Å². The fourth-order valence-electron chi connectivity index (χ4n) is 1.85. The molecule has 2 N–H and O–H groups in total. The number of hydrogen-bond donors (Lipinski definition) is 2. The van der Waals surface area contributed by atoms with Crippen molar-refractivity contribution in [3.05, 3.63) is 59.7 Å². The van der Waals surface area contributed by atoms with E-state index in [1.165, 1.54) is 12.1 Å². The lowest BCUT2D eigenvalue weighted by atomic mass is 10.2. The predicted octanol–water partition coefficient (Wildman–Crippen LogP) is 5.01. The van der Waals surface area contributed by atoms with Gasteiger partial charge < -0.3 is 10.1 Å². The van der Waals surface area contributed by atoms with E-state index in [0.717, 1.165) is 30.3 Å². The van der Waals surface area contributed by atoms with E-state index in [1.807, 2.05) is 0 Å². The van der Waals surface area contributed by atoms with Gasteiger partial charge in [0.05, 0.1) is 0 Å². The third-order valence-electron chi connectivity index (χ3n) is 3.04. The van der Waals surface area contributed by atoms with Gasteiger partial charge in [-0.3, -0.25) is 10.1 Å². The Morgan fingerprint density at radius 1 is 1.00 bits per heavy atom. The van der Waals surface area contributed by atoms with Crippen LogP contribution in [-0.2, 0) is 0 Å². The van der Waals surface area contributed by atoms with Gasteiger partial charge in [-0.15, -0.1) is 0 Å². The van der Waals surface area contributed by atoms with Crippen LogP contribution in [0.5, 0.6) is 5.75 Å². The third kappa shape index (κ3) is 5.67. The predicted molar refractivity (Wildman–Crippen MR) is 96.5 cm³/mol. The standard InChI is InChI=1S/C16H10Br2F4N2O3/c17-14(18)16(21,22)27-9-6-4-8(5-7-9)23-15(26)24-13(25)12-10(19)2-1-3-11(12)20/h1-7,14H,(H2,23,24,25,26). The van der Waals surface area contributed by atoms with E-state index in [4.69, 9.17) is 0 Å². The summed E-state index contributed by atoms with van der Waals surface area (Å²) < 4.78 is 56.9. The first-order chi connectivity index (χ1) is 12.6. The lowest BCUT2D eigenvalue weighted by Crippen LogP contribution is -2.35. The molecule has 0 unspecified atom stereocenters. The molecule has 0 atom stereocenters. The number of carbonyl (C=O) groups excluding carboxylic acids is 2. The van der Waals surface area contributed by atoms with E-state index in [1.54, 1.807) is 5.32 Å². The number of imide groups is 1. The summed E-state index contributed by atoms with van der Waals surface area (Å²) in [7, 11) is 0. The molecule has 5 nitrogen and oxygen atoms in total. The molecule has 0 fully saturated rings. The molecule has 0 saturated heterocycles. The van der Waals surface area contributed by atoms with Crippen LogP contribution in [0.25, 0.3) is 0 Å². The van der Waals surface area contributed by atoms with Gasteiger partial charge in [-0.2, -0.15) is 8.78 Å². The number of urea groups is 1. The van der Waals surface area contributed by atoms with Crippen molar-refractivity contribution in [2.75, 3.05) is 5.32 Å². The minimum Gasteiger partial charge on any atom is -0.431 e. The Balaban J connectivity index is 1.99. The van der Waals surface area contributed by atoms with E-state index in [-0.39, 0.29) is 11.4 Å². The van der Waals surface area contributed by atoms with Gasteiger partial charge in [0.15, 0.2) is 3.74 Å². The van der Waals surface area contributed by atoms with Gasteiger partial charge in [-0.05, 0) is 36.4 Å². The fraction of sp³-hybridized carbons (Fsp3) is 0.125. The van der Waals surface area contributed by atoms with E-state index in [2.05, 4.69) is 41.9 Å². The SMILES string of the molecule is O=C(NC(=O)c1c(F)cccc1F)Nc1ccc(OC(F)(F)C(Br)Br)cc1. The first-order valence-electron chi connectivity index (χ1n) is 7.11. The molecular weight excluding hydrogens is 504 g/mol. The van der Waals surface area contributed by atoms with E-state index >= 15 is 0 Å². The van der Waals surface area contributed by atoms with Crippen molar-refractivity contribution in [1.82, 2.24) is 5.32 Å². The van der Waals surface area contributed by atoms with E-state index < -0.39 is 39.0 Å². The highest BCUT2D eigenvalue weighted by Crippen LogP contribution is 2.32. The van der Waals surface area contributed by atoms with Crippen LogP contribution in [-0.4, -0.2) is 21.8 Å². The number of anilines is 1. The second kappa shape index (κ2) is 8.70. The van der Waals surface area contributed by atoms with Gasteiger partial charge in [0, 0.05) is 5.69 Å². The maximum absolute atomic E-state index is 13.5. The van der Waals surface area contributed by atoms with Crippen molar-refractivity contribution >= 4 is 49.5 Å². The minimum atomic E-state index is -3.53. The number of ether oxygens (including phenoxy) is 1. The molecule has 0 aromatic heterocycles. The van der Waals surface area contributed by atoms with Crippen molar-refractivity contribution < 1.29 is 31.9 Å². The first kappa shape index (κ1) is 21.2. The Morgan fingerprint density at radius 3 is 2.07 bits per heavy atom. The van der Waals surface area contributed by atoms with Gasteiger partial charge in [0.1, 0.15) is 22.9 Å². The minimum absolute atomic E-state index is 0.124.